The van der Waals surface area contributed by atoms with Gasteiger partial charge in [0.05, 0.1) is 19.0 Å². The molecule has 2 aliphatic rings. The molecule has 2 aliphatic heterocycles. The molecule has 23 nitrogen and oxygen atoms in total. The quantitative estimate of drug-likeness (QED) is 0.0753. The Morgan fingerprint density at radius 3 is 2.06 bits per heavy atom. The fourth-order valence-corrected chi connectivity index (χ4v) is 10.4. The lowest BCUT2D eigenvalue weighted by molar-refractivity contribution is -0.142. The molecule has 25 heteroatoms. The predicted octanol–water partition coefficient (Wildman–Crippen LogP) is -2.16. The van der Waals surface area contributed by atoms with Gasteiger partial charge in [-0.05, 0) is 53.9 Å². The zero-order valence-electron chi connectivity index (χ0n) is 40.9. The number of amides is 11. The van der Waals surface area contributed by atoms with Crippen molar-refractivity contribution < 1.29 is 52.7 Å². The number of nitrogens with one attached hydrogen (secondary N) is 7. The molecule has 0 radical (unpaired) electrons. The van der Waals surface area contributed by atoms with E-state index in [1.165, 1.54) is 4.90 Å². The molecule has 0 bridgehead atoms. The first-order valence-corrected chi connectivity index (χ1v) is 26.3. The van der Waals surface area contributed by atoms with Gasteiger partial charge in [-0.15, -0.1) is 0 Å². The summed E-state index contributed by atoms with van der Waals surface area (Å²) in [5.41, 5.74) is 23.3. The summed E-state index contributed by atoms with van der Waals surface area (Å²) in [6.07, 6.45) is -0.533. The summed E-state index contributed by atoms with van der Waals surface area (Å²) in [6, 6.07) is 2.20. The number of benzene rings is 2. The van der Waals surface area contributed by atoms with E-state index in [1.54, 1.807) is 13.8 Å². The molecule has 0 saturated carbocycles. The van der Waals surface area contributed by atoms with Crippen LogP contribution in [0, 0.1) is 11.8 Å². The maximum atomic E-state index is 14.6. The third-order valence-electron chi connectivity index (χ3n) is 12.2. The number of carbonyl (C=O) groups excluding carboxylic acids is 11. The van der Waals surface area contributed by atoms with Gasteiger partial charge in [0.2, 0.25) is 65.0 Å². The molecule has 2 fully saturated rings. The maximum Gasteiger partial charge on any atom is 0.246 e. The van der Waals surface area contributed by atoms with Crippen molar-refractivity contribution in [2.45, 2.75) is 127 Å². The van der Waals surface area contributed by atoms with Crippen LogP contribution in [0.5, 0.6) is 0 Å². The van der Waals surface area contributed by atoms with E-state index >= 15 is 0 Å². The Hall–Kier alpha value is -6.47. The van der Waals surface area contributed by atoms with E-state index in [2.05, 4.69) is 37.2 Å². The maximum absolute atomic E-state index is 14.6. The van der Waals surface area contributed by atoms with Crippen molar-refractivity contribution in [3.63, 3.8) is 0 Å². The van der Waals surface area contributed by atoms with Gasteiger partial charge in [-0.3, -0.25) is 52.7 Å². The van der Waals surface area contributed by atoms with Crippen molar-refractivity contribution >= 4 is 97.3 Å². The number of primary amides is 3. The van der Waals surface area contributed by atoms with E-state index in [1.807, 2.05) is 56.3 Å². The van der Waals surface area contributed by atoms with Crippen LogP contribution in [0.4, 0.5) is 0 Å². The molecule has 0 aromatic heterocycles. The standard InChI is InChI=1S/C47H68N12O11S2/c1-5-25(4)39-46(69)53-30(15-16-36(49)60)42(65)55-33(20-37(50)61)43(66)57-34(47(70)59-17-9-14-35(59)45(68)56-31(18-24(2)3)41(64)52-21-38(51)62)23-72-71-22-29(48)40(63)54-32(44(67)58-39)19-27-12-8-11-26-10-6-7-13-28(26)27/h6-8,10-13,24-25,29-35,39H,5,9,14-23,48H2,1-4H3,(H2,49,60)(H2,50,61)(H2,51,62)(H,52,64)(H,53,69)(H,54,63)(H,55,65)(H,56,68)(H,57,66)(H,58,67)/t25-,29-,30-,31-,32-,33-,34-,35-,39-/m0/s1. The Balaban J connectivity index is 1.72. The van der Waals surface area contributed by atoms with Gasteiger partial charge in [-0.2, -0.15) is 0 Å². The summed E-state index contributed by atoms with van der Waals surface area (Å²) >= 11 is 0. The largest absolute Gasteiger partial charge is 0.370 e. The Bertz CT molecular complexity index is 2340. The highest BCUT2D eigenvalue weighted by molar-refractivity contribution is 8.76. The number of hydrogen-bond acceptors (Lipinski definition) is 14. The topological polar surface area (TPSA) is 379 Å². The lowest BCUT2D eigenvalue weighted by Crippen LogP contribution is -2.61. The lowest BCUT2D eigenvalue weighted by Gasteiger charge is -2.31. The monoisotopic (exact) mass is 1040 g/mol. The van der Waals surface area contributed by atoms with E-state index in [-0.39, 0.29) is 49.7 Å². The second-order valence-electron chi connectivity index (χ2n) is 18.4. The molecule has 2 saturated heterocycles. The molecule has 0 unspecified atom stereocenters. The number of carbonyl (C=O) groups is 11. The molecule has 2 aromatic carbocycles. The van der Waals surface area contributed by atoms with Gasteiger partial charge in [0.1, 0.15) is 42.3 Å². The van der Waals surface area contributed by atoms with Crippen LogP contribution < -0.4 is 60.2 Å². The molecule has 11 amide bonds. The van der Waals surface area contributed by atoms with Crippen LogP contribution in [0.3, 0.4) is 0 Å². The predicted molar refractivity (Wildman–Crippen MR) is 270 cm³/mol. The second-order valence-corrected chi connectivity index (χ2v) is 20.9. The Labute approximate surface area is 425 Å². The molecule has 2 heterocycles. The fraction of sp³-hybridized carbons (Fsp3) is 0.553. The molecule has 9 atom stereocenters. The van der Waals surface area contributed by atoms with Crippen LogP contribution in [-0.2, 0) is 59.2 Å². The first-order valence-electron chi connectivity index (χ1n) is 23.8. The zero-order valence-corrected chi connectivity index (χ0v) is 42.5. The number of rotatable bonds is 17. The first kappa shape index (κ1) is 58.1. The van der Waals surface area contributed by atoms with Crippen LogP contribution >= 0.6 is 21.6 Å². The molecule has 0 spiro atoms. The van der Waals surface area contributed by atoms with Crippen molar-refractivity contribution in [2.24, 2.45) is 34.8 Å². The molecule has 0 aliphatic carbocycles. The SMILES string of the molecule is CC[C@H](C)[C@@H]1NC(=O)[C@H](Cc2cccc3ccccc23)NC(=O)[C@@H](N)CSSC[C@@H](C(=O)N2CCC[C@H]2C(=O)N[C@@H](CC(C)C)C(=O)NCC(N)=O)NC(=O)[C@H](CC(N)=O)NC(=O)[C@H](CCC(N)=O)NC1=O. The van der Waals surface area contributed by atoms with Crippen molar-refractivity contribution in [1.82, 2.24) is 42.1 Å². The zero-order chi connectivity index (χ0) is 53.2. The molecular weight excluding hydrogens is 973 g/mol. The highest BCUT2D eigenvalue weighted by Crippen LogP contribution is 2.26. The molecule has 15 N–H and O–H groups in total. The Morgan fingerprint density at radius 2 is 1.39 bits per heavy atom. The molecule has 2 aromatic rings. The third kappa shape index (κ3) is 17.4. The van der Waals surface area contributed by atoms with Crippen LogP contribution in [0.2, 0.25) is 0 Å². The van der Waals surface area contributed by atoms with Crippen LogP contribution in [0.15, 0.2) is 42.5 Å². The van der Waals surface area contributed by atoms with E-state index in [0.717, 1.165) is 32.4 Å². The number of likely N-dealkylation sites (tertiary alicyclic amines) is 1. The summed E-state index contributed by atoms with van der Waals surface area (Å²) in [5.74, 6) is -10.1. The number of nitrogens with two attached hydrogens (primary N) is 4. The highest BCUT2D eigenvalue weighted by Gasteiger charge is 2.41. The van der Waals surface area contributed by atoms with Gasteiger partial charge in [0, 0.05) is 30.9 Å². The second kappa shape index (κ2) is 28.0. The Kier molecular flexibility index (Phi) is 22.6. The van der Waals surface area contributed by atoms with Crippen LogP contribution in [0.1, 0.15) is 78.2 Å². The minimum absolute atomic E-state index is 0.0207. The van der Waals surface area contributed by atoms with E-state index in [9.17, 15) is 52.7 Å². The summed E-state index contributed by atoms with van der Waals surface area (Å²) < 4.78 is 0. The third-order valence-corrected chi connectivity index (χ3v) is 14.7. The van der Waals surface area contributed by atoms with E-state index in [4.69, 9.17) is 22.9 Å². The van der Waals surface area contributed by atoms with Gasteiger partial charge >= 0.3 is 0 Å². The first-order chi connectivity index (χ1) is 34.1. The van der Waals surface area contributed by atoms with Gasteiger partial charge in [-0.1, -0.05) is 98.2 Å². The number of fused-ring (bicyclic) bond motifs is 1. The average molecular weight is 1040 g/mol. The normalized spacial score (nSPS) is 23.8. The van der Waals surface area contributed by atoms with Gasteiger partial charge < -0.3 is 65.1 Å². The summed E-state index contributed by atoms with van der Waals surface area (Å²) in [5, 5.41) is 19.9. The number of nitrogens with zero attached hydrogens (tertiary/aromatic N) is 1. The molecule has 394 valence electrons. The fourth-order valence-electron chi connectivity index (χ4n) is 8.17. The van der Waals surface area contributed by atoms with Gasteiger partial charge in [0.15, 0.2) is 0 Å². The summed E-state index contributed by atoms with van der Waals surface area (Å²) in [6.45, 7) is 6.69. The number of hydrogen-bond donors (Lipinski definition) is 11. The molecule has 4 rings (SSSR count). The minimum Gasteiger partial charge on any atom is -0.370 e. The van der Waals surface area contributed by atoms with Crippen LogP contribution in [0.25, 0.3) is 10.8 Å². The van der Waals surface area contributed by atoms with E-state index in [0.29, 0.717) is 18.4 Å². The van der Waals surface area contributed by atoms with Gasteiger partial charge in [0.25, 0.3) is 0 Å². The summed E-state index contributed by atoms with van der Waals surface area (Å²) in [7, 11) is 2.10. The van der Waals surface area contributed by atoms with Crippen LogP contribution in [-0.4, -0.2) is 143 Å². The highest BCUT2D eigenvalue weighted by atomic mass is 33.1. The molecule has 72 heavy (non-hydrogen) atoms. The average Bonchev–Trinajstić information content (AvgIpc) is 3.83. The lowest BCUT2D eigenvalue weighted by atomic mass is 9.95. The van der Waals surface area contributed by atoms with Gasteiger partial charge in [-0.25, -0.2) is 0 Å². The van der Waals surface area contributed by atoms with Crippen molar-refractivity contribution in [1.29, 1.82) is 0 Å². The van der Waals surface area contributed by atoms with Crippen molar-refractivity contribution in [3.05, 3.63) is 48.0 Å². The minimum atomic E-state index is -1.74. The van der Waals surface area contributed by atoms with Crippen molar-refractivity contribution in [3.8, 4) is 0 Å². The van der Waals surface area contributed by atoms with Crippen molar-refractivity contribution in [2.75, 3.05) is 24.6 Å². The molecular formula is C47H68N12O11S2. The summed E-state index contributed by atoms with van der Waals surface area (Å²) in [4.78, 5) is 149. The van der Waals surface area contributed by atoms with E-state index < -0.39 is 139 Å². The smallest absolute Gasteiger partial charge is 0.246 e. The Morgan fingerprint density at radius 1 is 0.750 bits per heavy atom.